The molecule has 0 aliphatic rings. The van der Waals surface area contributed by atoms with Gasteiger partial charge in [0.2, 0.25) is 5.88 Å². The Hall–Kier alpha value is -2.21. The van der Waals surface area contributed by atoms with Crippen LogP contribution in [-0.2, 0) is 11.3 Å². The fourth-order valence-corrected chi connectivity index (χ4v) is 1.43. The Kier molecular flexibility index (Phi) is 5.06. The molecule has 0 radical (unpaired) electrons. The molecule has 6 heteroatoms. The van der Waals surface area contributed by atoms with Gasteiger partial charge in [-0.2, -0.15) is 0 Å². The lowest BCUT2D eigenvalue weighted by molar-refractivity contribution is 0.143. The van der Waals surface area contributed by atoms with Crippen molar-refractivity contribution in [3.8, 4) is 5.88 Å². The summed E-state index contributed by atoms with van der Waals surface area (Å²) in [6, 6.07) is 7.53. The van der Waals surface area contributed by atoms with Crippen molar-refractivity contribution in [3.63, 3.8) is 0 Å². The number of anilines is 1. The SMILES string of the molecule is COCCOc1cc(NCc2ccccn2)ncn1. The van der Waals surface area contributed by atoms with Crippen LogP contribution in [0.25, 0.3) is 0 Å². The van der Waals surface area contributed by atoms with Crippen molar-refractivity contribution in [1.82, 2.24) is 15.0 Å². The number of nitrogens with zero attached hydrogens (tertiary/aromatic N) is 3. The van der Waals surface area contributed by atoms with E-state index in [1.807, 2.05) is 18.2 Å². The highest BCUT2D eigenvalue weighted by molar-refractivity contribution is 5.37. The van der Waals surface area contributed by atoms with Crippen LogP contribution in [0, 0.1) is 0 Å². The topological polar surface area (TPSA) is 69.2 Å². The van der Waals surface area contributed by atoms with Crippen molar-refractivity contribution in [2.45, 2.75) is 6.54 Å². The summed E-state index contributed by atoms with van der Waals surface area (Å²) in [5.41, 5.74) is 0.947. The first-order chi connectivity index (χ1) is 9.38. The predicted octanol–water partition coefficient (Wildman–Crippen LogP) is 1.51. The van der Waals surface area contributed by atoms with Gasteiger partial charge < -0.3 is 14.8 Å². The Morgan fingerprint density at radius 1 is 1.16 bits per heavy atom. The van der Waals surface area contributed by atoms with Gasteiger partial charge in [0.15, 0.2) is 0 Å². The number of hydrogen-bond donors (Lipinski definition) is 1. The third kappa shape index (κ3) is 4.51. The Morgan fingerprint density at radius 3 is 2.89 bits per heavy atom. The third-order valence-electron chi connectivity index (χ3n) is 2.36. The summed E-state index contributed by atoms with van der Waals surface area (Å²) in [5, 5.41) is 3.17. The highest BCUT2D eigenvalue weighted by Gasteiger charge is 2.00. The second-order valence-corrected chi connectivity index (χ2v) is 3.76. The fourth-order valence-electron chi connectivity index (χ4n) is 1.43. The van der Waals surface area contributed by atoms with Gasteiger partial charge in [-0.1, -0.05) is 6.07 Å². The molecule has 0 unspecified atom stereocenters. The zero-order valence-corrected chi connectivity index (χ0v) is 10.7. The molecule has 0 aliphatic heterocycles. The van der Waals surface area contributed by atoms with Crippen molar-refractivity contribution in [2.75, 3.05) is 25.6 Å². The van der Waals surface area contributed by atoms with Crippen LogP contribution in [-0.4, -0.2) is 35.3 Å². The van der Waals surface area contributed by atoms with Gasteiger partial charge in [-0.15, -0.1) is 0 Å². The second kappa shape index (κ2) is 7.27. The van der Waals surface area contributed by atoms with E-state index in [0.29, 0.717) is 31.5 Å². The van der Waals surface area contributed by atoms with Gasteiger partial charge in [0.05, 0.1) is 18.8 Å². The highest BCUT2D eigenvalue weighted by Crippen LogP contribution is 2.11. The van der Waals surface area contributed by atoms with Crippen LogP contribution in [0.15, 0.2) is 36.8 Å². The van der Waals surface area contributed by atoms with E-state index in [2.05, 4.69) is 20.3 Å². The quantitative estimate of drug-likeness (QED) is 0.761. The normalized spacial score (nSPS) is 10.2. The molecule has 2 rings (SSSR count). The molecule has 0 fully saturated rings. The molecule has 6 nitrogen and oxygen atoms in total. The minimum atomic E-state index is 0.465. The minimum absolute atomic E-state index is 0.465. The number of hydrogen-bond acceptors (Lipinski definition) is 6. The summed E-state index contributed by atoms with van der Waals surface area (Å²) < 4.78 is 10.3. The van der Waals surface area contributed by atoms with E-state index in [4.69, 9.17) is 9.47 Å². The predicted molar refractivity (Wildman–Crippen MR) is 71.0 cm³/mol. The maximum absolute atomic E-state index is 5.41. The van der Waals surface area contributed by atoms with Crippen LogP contribution in [0.5, 0.6) is 5.88 Å². The Balaban J connectivity index is 1.88. The zero-order valence-electron chi connectivity index (χ0n) is 10.7. The lowest BCUT2D eigenvalue weighted by Gasteiger charge is -2.07. The molecule has 19 heavy (non-hydrogen) atoms. The molecule has 0 aromatic carbocycles. The summed E-state index contributed by atoms with van der Waals surface area (Å²) in [6.45, 7) is 1.60. The molecule has 100 valence electrons. The van der Waals surface area contributed by atoms with Crippen molar-refractivity contribution < 1.29 is 9.47 Å². The van der Waals surface area contributed by atoms with Gasteiger partial charge in [-0.25, -0.2) is 9.97 Å². The van der Waals surface area contributed by atoms with Crippen LogP contribution in [0.3, 0.4) is 0 Å². The van der Waals surface area contributed by atoms with Crippen LogP contribution in [0.1, 0.15) is 5.69 Å². The van der Waals surface area contributed by atoms with Gasteiger partial charge in [0.1, 0.15) is 18.8 Å². The highest BCUT2D eigenvalue weighted by atomic mass is 16.5. The number of ether oxygens (including phenoxy) is 2. The first-order valence-electron chi connectivity index (χ1n) is 5.96. The number of pyridine rings is 1. The van der Waals surface area contributed by atoms with Crippen LogP contribution in [0.2, 0.25) is 0 Å². The molecular weight excluding hydrogens is 244 g/mol. The minimum Gasteiger partial charge on any atom is -0.475 e. The van der Waals surface area contributed by atoms with Crippen LogP contribution < -0.4 is 10.1 Å². The van der Waals surface area contributed by atoms with E-state index in [-0.39, 0.29) is 0 Å². The molecule has 2 heterocycles. The molecule has 0 saturated carbocycles. The van der Waals surface area contributed by atoms with Gasteiger partial charge in [-0.3, -0.25) is 4.98 Å². The van der Waals surface area contributed by atoms with E-state index in [9.17, 15) is 0 Å². The first kappa shape index (κ1) is 13.2. The molecular formula is C13H16N4O2. The Bertz CT molecular complexity index is 493. The molecule has 1 N–H and O–H groups in total. The summed E-state index contributed by atoms with van der Waals surface area (Å²) in [6.07, 6.45) is 3.22. The van der Waals surface area contributed by atoms with Gasteiger partial charge in [0.25, 0.3) is 0 Å². The smallest absolute Gasteiger partial charge is 0.218 e. The Morgan fingerprint density at radius 2 is 2.11 bits per heavy atom. The van der Waals surface area contributed by atoms with Crippen LogP contribution in [0.4, 0.5) is 5.82 Å². The maximum atomic E-state index is 5.41. The fraction of sp³-hybridized carbons (Fsp3) is 0.308. The number of methoxy groups -OCH3 is 1. The molecule has 0 bridgehead atoms. The van der Waals surface area contributed by atoms with Gasteiger partial charge in [0, 0.05) is 19.4 Å². The molecule has 0 amide bonds. The van der Waals surface area contributed by atoms with Crippen molar-refractivity contribution in [1.29, 1.82) is 0 Å². The first-order valence-corrected chi connectivity index (χ1v) is 5.96. The van der Waals surface area contributed by atoms with Crippen molar-refractivity contribution in [3.05, 3.63) is 42.5 Å². The number of aromatic nitrogens is 3. The molecule has 0 aliphatic carbocycles. The number of rotatable bonds is 7. The number of nitrogens with one attached hydrogen (secondary N) is 1. The summed E-state index contributed by atoms with van der Waals surface area (Å²) in [7, 11) is 1.63. The zero-order chi connectivity index (χ0) is 13.3. The second-order valence-electron chi connectivity index (χ2n) is 3.76. The van der Waals surface area contributed by atoms with E-state index in [1.165, 1.54) is 6.33 Å². The lowest BCUT2D eigenvalue weighted by atomic mass is 10.3. The molecule has 0 saturated heterocycles. The molecule has 2 aromatic rings. The average molecular weight is 260 g/mol. The third-order valence-corrected chi connectivity index (χ3v) is 2.36. The largest absolute Gasteiger partial charge is 0.475 e. The average Bonchev–Trinajstić information content (AvgIpc) is 2.47. The van der Waals surface area contributed by atoms with Gasteiger partial charge >= 0.3 is 0 Å². The van der Waals surface area contributed by atoms with E-state index >= 15 is 0 Å². The Labute approximate surface area is 111 Å². The monoisotopic (exact) mass is 260 g/mol. The summed E-state index contributed by atoms with van der Waals surface area (Å²) >= 11 is 0. The summed E-state index contributed by atoms with van der Waals surface area (Å²) in [5.74, 6) is 1.23. The molecule has 2 aromatic heterocycles. The van der Waals surface area contributed by atoms with Crippen molar-refractivity contribution in [2.24, 2.45) is 0 Å². The molecule has 0 atom stereocenters. The van der Waals surface area contributed by atoms with Crippen molar-refractivity contribution >= 4 is 5.82 Å². The van der Waals surface area contributed by atoms with E-state index < -0.39 is 0 Å². The molecule has 0 spiro atoms. The summed E-state index contributed by atoms with van der Waals surface area (Å²) in [4.78, 5) is 12.4. The lowest BCUT2D eigenvalue weighted by Crippen LogP contribution is -2.07. The van der Waals surface area contributed by atoms with E-state index in [0.717, 1.165) is 5.69 Å². The standard InChI is InChI=1S/C13H16N4O2/c1-18-6-7-19-13-8-12(16-10-17-13)15-9-11-4-2-3-5-14-11/h2-5,8,10H,6-7,9H2,1H3,(H,15,16,17). The van der Waals surface area contributed by atoms with E-state index in [1.54, 1.807) is 19.4 Å². The van der Waals surface area contributed by atoms with Gasteiger partial charge in [-0.05, 0) is 12.1 Å². The van der Waals surface area contributed by atoms with Crippen LogP contribution >= 0.6 is 0 Å². The maximum Gasteiger partial charge on any atom is 0.218 e.